The van der Waals surface area contributed by atoms with Crippen LogP contribution in [0.2, 0.25) is 5.02 Å². The number of hydrogen-bond donors (Lipinski definition) is 3. The van der Waals surface area contributed by atoms with Crippen molar-refractivity contribution in [3.05, 3.63) is 40.4 Å². The molecular weight excluding hydrogens is 332 g/mol. The van der Waals surface area contributed by atoms with Crippen LogP contribution in [0.4, 0.5) is 0 Å². The Balaban J connectivity index is 1.66. The molecule has 0 radical (unpaired) electrons. The first-order chi connectivity index (χ1) is 11.5. The molecule has 2 atom stereocenters. The minimum absolute atomic E-state index is 0.0881. The number of hydrogen-bond acceptors (Lipinski definition) is 5. The van der Waals surface area contributed by atoms with E-state index >= 15 is 0 Å². The Morgan fingerprint density at radius 1 is 1.38 bits per heavy atom. The number of allylic oxidation sites excluding steroid dienone is 1. The zero-order valence-corrected chi connectivity index (χ0v) is 13.6. The lowest BCUT2D eigenvalue weighted by Gasteiger charge is -2.19. The molecule has 7 nitrogen and oxygen atoms in total. The highest BCUT2D eigenvalue weighted by atomic mass is 35.5. The maximum absolute atomic E-state index is 12.3. The molecule has 126 valence electrons. The maximum Gasteiger partial charge on any atom is 0.270 e. The van der Waals surface area contributed by atoms with E-state index in [0.717, 1.165) is 18.5 Å². The van der Waals surface area contributed by atoms with Crippen molar-refractivity contribution in [2.75, 3.05) is 0 Å². The van der Waals surface area contributed by atoms with E-state index in [-0.39, 0.29) is 29.8 Å². The number of nitrogens with two attached hydrogens (primary N) is 1. The van der Waals surface area contributed by atoms with Gasteiger partial charge in [-0.05, 0) is 31.4 Å². The van der Waals surface area contributed by atoms with Crippen LogP contribution in [0.1, 0.15) is 37.3 Å². The molecule has 1 aromatic heterocycles. The Morgan fingerprint density at radius 2 is 2.17 bits per heavy atom. The van der Waals surface area contributed by atoms with Gasteiger partial charge in [0.1, 0.15) is 11.4 Å². The van der Waals surface area contributed by atoms with Crippen molar-refractivity contribution in [2.24, 2.45) is 5.73 Å². The third-order valence-corrected chi connectivity index (χ3v) is 4.64. The number of halogens is 1. The highest BCUT2D eigenvalue weighted by Gasteiger charge is 2.32. The van der Waals surface area contributed by atoms with Crippen LogP contribution in [-0.4, -0.2) is 28.6 Å². The highest BCUT2D eigenvalue weighted by Crippen LogP contribution is 2.36. The molecule has 4 N–H and O–H groups in total. The predicted molar refractivity (Wildman–Crippen MR) is 86.7 cm³/mol. The zero-order chi connectivity index (χ0) is 17.3. The number of pyridine rings is 1. The van der Waals surface area contributed by atoms with E-state index in [0.29, 0.717) is 11.4 Å². The molecule has 8 heteroatoms. The van der Waals surface area contributed by atoms with Crippen LogP contribution in [-0.2, 0) is 14.4 Å². The Bertz CT molecular complexity index is 747. The van der Waals surface area contributed by atoms with Crippen LogP contribution in [0.5, 0.6) is 0 Å². The summed E-state index contributed by atoms with van der Waals surface area (Å²) in [6.07, 6.45) is 3.67. The number of nitrogens with zero attached hydrogens (tertiary/aromatic N) is 1. The minimum atomic E-state index is -0.535. The second kappa shape index (κ2) is 6.60. The third kappa shape index (κ3) is 3.26. The summed E-state index contributed by atoms with van der Waals surface area (Å²) in [6, 6.07) is 3.48. The fourth-order valence-corrected chi connectivity index (χ4v) is 3.40. The highest BCUT2D eigenvalue weighted by molar-refractivity contribution is 6.31. The van der Waals surface area contributed by atoms with Crippen molar-refractivity contribution in [3.8, 4) is 0 Å². The number of amides is 2. The minimum Gasteiger partial charge on any atom is -0.394 e. The number of carbonyl (C=O) groups is 3. The van der Waals surface area contributed by atoms with Gasteiger partial charge < -0.3 is 16.4 Å². The largest absolute Gasteiger partial charge is 0.394 e. The summed E-state index contributed by atoms with van der Waals surface area (Å²) in [6.45, 7) is 0. The van der Waals surface area contributed by atoms with Gasteiger partial charge >= 0.3 is 0 Å². The van der Waals surface area contributed by atoms with E-state index in [1.165, 1.54) is 0 Å². The average Bonchev–Trinajstić information content (AvgIpc) is 2.99. The van der Waals surface area contributed by atoms with Gasteiger partial charge in [0.25, 0.3) is 5.91 Å². The van der Waals surface area contributed by atoms with Crippen LogP contribution < -0.4 is 16.4 Å². The van der Waals surface area contributed by atoms with Crippen molar-refractivity contribution in [1.29, 1.82) is 0 Å². The first kappa shape index (κ1) is 16.4. The summed E-state index contributed by atoms with van der Waals surface area (Å²) < 4.78 is 0. The Hall–Kier alpha value is -2.41. The molecule has 0 aromatic carbocycles. The zero-order valence-electron chi connectivity index (χ0n) is 12.8. The number of nitrogens with one attached hydrogen (secondary N) is 2. The number of rotatable bonds is 3. The number of Topliss-reactive ketones (excluding diaryl/α,β-unsaturated/α-hetero) is 1. The molecule has 1 saturated carbocycles. The summed E-state index contributed by atoms with van der Waals surface area (Å²) >= 11 is 6.17. The van der Waals surface area contributed by atoms with Crippen LogP contribution in [0.25, 0.3) is 0 Å². The molecule has 0 bridgehead atoms. The normalized spacial score (nSPS) is 24.0. The molecule has 1 fully saturated rings. The third-order valence-electron chi connectivity index (χ3n) is 4.32. The summed E-state index contributed by atoms with van der Waals surface area (Å²) in [5.74, 6) is -1.43. The van der Waals surface area contributed by atoms with Crippen molar-refractivity contribution in [3.63, 3.8) is 0 Å². The van der Waals surface area contributed by atoms with Crippen molar-refractivity contribution in [1.82, 2.24) is 15.6 Å². The van der Waals surface area contributed by atoms with E-state index in [1.807, 2.05) is 0 Å². The van der Waals surface area contributed by atoms with Gasteiger partial charge in [-0.15, -0.1) is 0 Å². The Kier molecular flexibility index (Phi) is 4.53. The van der Waals surface area contributed by atoms with Gasteiger partial charge in [0, 0.05) is 18.2 Å². The molecule has 2 amide bonds. The van der Waals surface area contributed by atoms with Gasteiger partial charge in [0.05, 0.1) is 17.1 Å². The fraction of sp³-hybridized carbons (Fsp3) is 0.375. The summed E-state index contributed by atoms with van der Waals surface area (Å²) in [7, 11) is 0. The first-order valence-electron chi connectivity index (χ1n) is 7.69. The SMILES string of the molecule is NC1=C(C(=O)NC2CCC(c3ncccc3Cl)C2)NC(=O)CC1=O. The standard InChI is InChI=1S/C16H17ClN4O3/c17-10-2-1-5-19-14(10)8-3-4-9(6-8)20-16(24)15-13(18)11(22)7-12(23)21-15/h1-2,5,8-9H,3-4,6-7,18H2,(H,20,24)(H,21,23). The van der Waals surface area contributed by atoms with Gasteiger partial charge in [-0.3, -0.25) is 19.4 Å². The molecule has 2 heterocycles. The van der Waals surface area contributed by atoms with Gasteiger partial charge in [-0.1, -0.05) is 11.6 Å². The monoisotopic (exact) mass is 348 g/mol. The lowest BCUT2D eigenvalue weighted by Crippen LogP contribution is -2.45. The van der Waals surface area contributed by atoms with E-state index < -0.39 is 17.6 Å². The first-order valence-corrected chi connectivity index (χ1v) is 8.07. The van der Waals surface area contributed by atoms with Crippen LogP contribution in [0.3, 0.4) is 0 Å². The molecule has 1 aliphatic carbocycles. The molecule has 0 saturated heterocycles. The van der Waals surface area contributed by atoms with Gasteiger partial charge in [0.15, 0.2) is 5.78 Å². The van der Waals surface area contributed by atoms with Gasteiger partial charge in [-0.25, -0.2) is 0 Å². The van der Waals surface area contributed by atoms with Crippen molar-refractivity contribution < 1.29 is 14.4 Å². The number of ketones is 1. The lowest BCUT2D eigenvalue weighted by atomic mass is 10.0. The van der Waals surface area contributed by atoms with E-state index in [1.54, 1.807) is 18.3 Å². The number of carbonyl (C=O) groups excluding carboxylic acids is 3. The summed E-state index contributed by atoms with van der Waals surface area (Å²) in [5.41, 5.74) is 6.10. The smallest absolute Gasteiger partial charge is 0.270 e. The second-order valence-electron chi connectivity index (χ2n) is 5.99. The van der Waals surface area contributed by atoms with Crippen LogP contribution in [0, 0.1) is 0 Å². The molecule has 1 aromatic rings. The maximum atomic E-state index is 12.3. The molecule has 2 aliphatic rings. The predicted octanol–water partition coefficient (Wildman–Crippen LogP) is 0.747. The summed E-state index contributed by atoms with van der Waals surface area (Å²) in [5, 5.41) is 5.81. The summed E-state index contributed by atoms with van der Waals surface area (Å²) in [4.78, 5) is 39.6. The van der Waals surface area contributed by atoms with Crippen molar-refractivity contribution >= 4 is 29.2 Å². The Morgan fingerprint density at radius 3 is 2.92 bits per heavy atom. The van der Waals surface area contributed by atoms with Crippen molar-refractivity contribution in [2.45, 2.75) is 37.6 Å². The van der Waals surface area contributed by atoms with Gasteiger partial charge in [-0.2, -0.15) is 0 Å². The topological polar surface area (TPSA) is 114 Å². The van der Waals surface area contributed by atoms with Crippen LogP contribution >= 0.6 is 11.6 Å². The van der Waals surface area contributed by atoms with Crippen LogP contribution in [0.15, 0.2) is 29.7 Å². The average molecular weight is 349 g/mol. The molecule has 2 unspecified atom stereocenters. The fourth-order valence-electron chi connectivity index (χ4n) is 3.13. The molecule has 3 rings (SSSR count). The molecule has 1 aliphatic heterocycles. The second-order valence-corrected chi connectivity index (χ2v) is 6.39. The van der Waals surface area contributed by atoms with E-state index in [4.69, 9.17) is 17.3 Å². The molecule has 0 spiro atoms. The molecular formula is C16H17ClN4O3. The van der Waals surface area contributed by atoms with E-state index in [9.17, 15) is 14.4 Å². The van der Waals surface area contributed by atoms with E-state index in [2.05, 4.69) is 15.6 Å². The molecule has 24 heavy (non-hydrogen) atoms. The van der Waals surface area contributed by atoms with Gasteiger partial charge in [0.2, 0.25) is 5.91 Å². The Labute approximate surface area is 143 Å². The lowest BCUT2D eigenvalue weighted by molar-refractivity contribution is -0.129. The number of aromatic nitrogens is 1. The quantitative estimate of drug-likeness (QED) is 0.697.